The molecule has 0 fully saturated rings. The van der Waals surface area contributed by atoms with Gasteiger partial charge in [-0.3, -0.25) is 0 Å². The van der Waals surface area contributed by atoms with E-state index in [1.807, 2.05) is 24.3 Å². The van der Waals surface area contributed by atoms with Crippen molar-refractivity contribution in [2.24, 2.45) is 5.14 Å². The number of nitrogens with two attached hydrogens (primary N) is 1. The molecule has 1 atom stereocenters. The molecule has 0 saturated carbocycles. The molecule has 8 heteroatoms. The number of nitrogens with zero attached hydrogens (tertiary/aromatic N) is 1. The molecule has 1 aromatic heterocycles. The maximum atomic E-state index is 13.3. The van der Waals surface area contributed by atoms with Gasteiger partial charge in [-0.05, 0) is 24.1 Å². The molecule has 0 bridgehead atoms. The average Bonchev–Trinajstić information content (AvgIpc) is 3.00. The number of benzene rings is 1. The lowest BCUT2D eigenvalue weighted by Crippen LogP contribution is -2.11. The standard InChI is InChI=1S/C16H14F2N2O3S/c17-16(18)15-13(10-6-8-12(9-7-10)24(19,21)22)14(20-23-15)11-4-2-1-3-5-11/h1-4,6-9,11,16H,5H2,(H2,19,21,22). The van der Waals surface area contributed by atoms with E-state index in [1.54, 1.807) is 0 Å². The molecular weight excluding hydrogens is 338 g/mol. The van der Waals surface area contributed by atoms with Crippen molar-refractivity contribution in [3.05, 3.63) is 60.0 Å². The number of aromatic nitrogens is 1. The Hall–Kier alpha value is -2.32. The largest absolute Gasteiger partial charge is 0.354 e. The van der Waals surface area contributed by atoms with Crippen LogP contribution in [-0.2, 0) is 10.0 Å². The summed E-state index contributed by atoms with van der Waals surface area (Å²) in [5, 5.41) is 8.88. The van der Waals surface area contributed by atoms with Gasteiger partial charge in [0, 0.05) is 5.92 Å². The zero-order chi connectivity index (χ0) is 17.3. The summed E-state index contributed by atoms with van der Waals surface area (Å²) < 4.78 is 54.1. The molecule has 1 aliphatic rings. The highest BCUT2D eigenvalue weighted by Gasteiger charge is 2.28. The smallest absolute Gasteiger partial charge is 0.298 e. The van der Waals surface area contributed by atoms with E-state index in [-0.39, 0.29) is 16.4 Å². The SMILES string of the molecule is NS(=O)(=O)c1ccc(-c2c(C3C=CC=CC3)noc2C(F)F)cc1. The Balaban J connectivity index is 2.10. The van der Waals surface area contributed by atoms with Gasteiger partial charge in [-0.15, -0.1) is 0 Å². The van der Waals surface area contributed by atoms with Crippen LogP contribution in [0, 0.1) is 0 Å². The van der Waals surface area contributed by atoms with Gasteiger partial charge in [-0.25, -0.2) is 22.3 Å². The fourth-order valence-corrected chi connectivity index (χ4v) is 3.12. The second-order valence-corrected chi connectivity index (χ2v) is 6.89. The number of hydrogen-bond donors (Lipinski definition) is 1. The number of halogens is 2. The summed E-state index contributed by atoms with van der Waals surface area (Å²) in [4.78, 5) is -0.0941. The summed E-state index contributed by atoms with van der Waals surface area (Å²) >= 11 is 0. The van der Waals surface area contributed by atoms with Gasteiger partial charge in [-0.1, -0.05) is 41.6 Å². The Bertz CT molecular complexity index is 900. The Kier molecular flexibility index (Phi) is 4.33. The van der Waals surface area contributed by atoms with E-state index in [0.29, 0.717) is 17.7 Å². The van der Waals surface area contributed by atoms with Gasteiger partial charge in [0.15, 0.2) is 0 Å². The van der Waals surface area contributed by atoms with Crippen LogP contribution in [0.1, 0.15) is 30.2 Å². The minimum Gasteiger partial charge on any atom is -0.354 e. The zero-order valence-electron chi connectivity index (χ0n) is 12.4. The van der Waals surface area contributed by atoms with E-state index < -0.39 is 22.2 Å². The topological polar surface area (TPSA) is 86.2 Å². The Morgan fingerprint density at radius 1 is 1.21 bits per heavy atom. The fraction of sp³-hybridized carbons (Fsp3) is 0.188. The van der Waals surface area contributed by atoms with Crippen molar-refractivity contribution >= 4 is 10.0 Å². The van der Waals surface area contributed by atoms with Crippen LogP contribution in [0.25, 0.3) is 11.1 Å². The molecule has 2 N–H and O–H groups in total. The van der Waals surface area contributed by atoms with Crippen LogP contribution in [-0.4, -0.2) is 13.6 Å². The van der Waals surface area contributed by atoms with Crippen molar-refractivity contribution in [2.45, 2.75) is 23.7 Å². The number of rotatable bonds is 4. The third kappa shape index (κ3) is 3.15. The average molecular weight is 352 g/mol. The Morgan fingerprint density at radius 2 is 1.92 bits per heavy atom. The van der Waals surface area contributed by atoms with Gasteiger partial charge in [0.1, 0.15) is 0 Å². The van der Waals surface area contributed by atoms with Gasteiger partial charge in [0.25, 0.3) is 6.43 Å². The molecule has 1 unspecified atom stereocenters. The van der Waals surface area contributed by atoms with Gasteiger partial charge in [0.05, 0.1) is 16.2 Å². The quantitative estimate of drug-likeness (QED) is 0.912. The summed E-state index contributed by atoms with van der Waals surface area (Å²) in [7, 11) is -3.85. The molecule has 1 heterocycles. The highest BCUT2D eigenvalue weighted by atomic mass is 32.2. The highest BCUT2D eigenvalue weighted by Crippen LogP contribution is 2.39. The summed E-state index contributed by atoms with van der Waals surface area (Å²) in [6.07, 6.45) is 5.24. The second kappa shape index (κ2) is 6.29. The first-order valence-corrected chi connectivity index (χ1v) is 8.66. The molecule has 0 spiro atoms. The van der Waals surface area contributed by atoms with Crippen molar-refractivity contribution in [3.63, 3.8) is 0 Å². The van der Waals surface area contributed by atoms with Crippen LogP contribution in [0.4, 0.5) is 8.78 Å². The zero-order valence-corrected chi connectivity index (χ0v) is 13.2. The monoisotopic (exact) mass is 352 g/mol. The van der Waals surface area contributed by atoms with Crippen molar-refractivity contribution < 1.29 is 21.7 Å². The molecule has 5 nitrogen and oxygen atoms in total. The molecule has 0 radical (unpaired) electrons. The van der Waals surface area contributed by atoms with Crippen LogP contribution in [0.15, 0.2) is 58.0 Å². The molecule has 1 aliphatic carbocycles. The first-order chi connectivity index (χ1) is 11.4. The van der Waals surface area contributed by atoms with Crippen LogP contribution >= 0.6 is 0 Å². The van der Waals surface area contributed by atoms with Gasteiger partial charge < -0.3 is 4.52 Å². The maximum Gasteiger partial charge on any atom is 0.298 e. The first-order valence-electron chi connectivity index (χ1n) is 7.12. The molecule has 0 amide bonds. The Labute approximate surface area is 137 Å². The maximum absolute atomic E-state index is 13.3. The van der Waals surface area contributed by atoms with Gasteiger partial charge in [0.2, 0.25) is 15.8 Å². The number of sulfonamides is 1. The number of allylic oxidation sites excluding steroid dienone is 4. The number of hydrogen-bond acceptors (Lipinski definition) is 4. The van der Waals surface area contributed by atoms with Crippen molar-refractivity contribution in [1.82, 2.24) is 5.16 Å². The predicted octanol–water partition coefficient (Wildman–Crippen LogP) is 3.53. The van der Waals surface area contributed by atoms with Gasteiger partial charge >= 0.3 is 0 Å². The van der Waals surface area contributed by atoms with E-state index in [9.17, 15) is 17.2 Å². The summed E-state index contributed by atoms with van der Waals surface area (Å²) in [5.74, 6) is -0.713. The van der Waals surface area contributed by atoms with Crippen LogP contribution < -0.4 is 5.14 Å². The van der Waals surface area contributed by atoms with Crippen molar-refractivity contribution in [2.75, 3.05) is 0 Å². The van der Waals surface area contributed by atoms with Crippen LogP contribution in [0.5, 0.6) is 0 Å². The summed E-state index contributed by atoms with van der Waals surface area (Å²) in [5.41, 5.74) is 0.988. The number of alkyl halides is 2. The van der Waals surface area contributed by atoms with E-state index >= 15 is 0 Å². The predicted molar refractivity (Wildman–Crippen MR) is 83.9 cm³/mol. The third-order valence-corrected chi connectivity index (χ3v) is 4.68. The van der Waals surface area contributed by atoms with E-state index in [0.717, 1.165) is 0 Å². The highest BCUT2D eigenvalue weighted by molar-refractivity contribution is 7.89. The molecule has 126 valence electrons. The summed E-state index contributed by atoms with van der Waals surface area (Å²) in [6.45, 7) is 0. The lowest BCUT2D eigenvalue weighted by molar-refractivity contribution is 0.113. The second-order valence-electron chi connectivity index (χ2n) is 5.33. The molecule has 0 aliphatic heterocycles. The van der Waals surface area contributed by atoms with E-state index in [1.165, 1.54) is 24.3 Å². The van der Waals surface area contributed by atoms with Crippen LogP contribution in [0.2, 0.25) is 0 Å². The minimum absolute atomic E-state index is 0.0941. The molecule has 2 aromatic rings. The van der Waals surface area contributed by atoms with Gasteiger partial charge in [-0.2, -0.15) is 0 Å². The third-order valence-electron chi connectivity index (χ3n) is 3.75. The van der Waals surface area contributed by atoms with Crippen molar-refractivity contribution in [1.29, 1.82) is 0 Å². The first kappa shape index (κ1) is 16.5. The van der Waals surface area contributed by atoms with E-state index in [2.05, 4.69) is 5.16 Å². The van der Waals surface area contributed by atoms with Crippen molar-refractivity contribution in [3.8, 4) is 11.1 Å². The molecule has 24 heavy (non-hydrogen) atoms. The molecule has 0 saturated heterocycles. The lowest BCUT2D eigenvalue weighted by atomic mass is 9.91. The van der Waals surface area contributed by atoms with E-state index in [4.69, 9.17) is 9.66 Å². The Morgan fingerprint density at radius 3 is 2.46 bits per heavy atom. The minimum atomic E-state index is -3.85. The number of primary sulfonamides is 1. The normalized spacial score (nSPS) is 17.6. The lowest BCUT2D eigenvalue weighted by Gasteiger charge is -2.12. The molecular formula is C16H14F2N2O3S. The van der Waals surface area contributed by atoms with Crippen LogP contribution in [0.3, 0.4) is 0 Å². The molecule has 3 rings (SSSR count). The fourth-order valence-electron chi connectivity index (χ4n) is 2.60. The molecule has 1 aromatic carbocycles. The summed E-state index contributed by atoms with van der Waals surface area (Å²) in [6, 6.07) is 5.38.